The van der Waals surface area contributed by atoms with Gasteiger partial charge in [0.2, 0.25) is 0 Å². The van der Waals surface area contributed by atoms with Gasteiger partial charge in [-0.25, -0.2) is 0 Å². The fourth-order valence-corrected chi connectivity index (χ4v) is 17.1. The molecule has 12 aromatic carbocycles. The number of hydrogen-bond donors (Lipinski definition) is 0. The minimum absolute atomic E-state index is 0.0380. The standard InChI is InChI=1S/C104H111BN4/c1-97(2,3)70-48-67(49-71(56-70)98(4,5)6)64-40-43-78(44-41-64)106-90-46-42-66(69-52-74(101(13,14)15)58-75(53-69)102(16,17)18)55-86(90)105-85-45-47-91-94(84-36-27-30-39-89(84)108(91)80-60-76(103(19,20)21)59-77(61-80)104(22,23)24)96(85)109(79-33-31-32-65(54-79)68-50-72(99(7,8)9)57-73(51-68)100(10,11)12)93-63-81(62-92(106)95(93)105)107-87-37-28-25-34-82(87)83-35-26-29-38-88(83)107/h25-63H,1-24H3. The van der Waals surface area contributed by atoms with Crippen molar-refractivity contribution in [2.24, 2.45) is 0 Å². The monoisotopic (exact) mass is 1430 g/mol. The van der Waals surface area contributed by atoms with Gasteiger partial charge in [0, 0.05) is 55.7 Å². The van der Waals surface area contributed by atoms with Crippen LogP contribution in [-0.4, -0.2) is 15.8 Å². The number of anilines is 6. The summed E-state index contributed by atoms with van der Waals surface area (Å²) in [6.45, 7) is 56.3. The van der Waals surface area contributed by atoms with Gasteiger partial charge < -0.3 is 18.9 Å². The van der Waals surface area contributed by atoms with E-state index in [1.807, 2.05) is 0 Å². The lowest BCUT2D eigenvalue weighted by atomic mass is 9.33. The lowest BCUT2D eigenvalue weighted by molar-refractivity contribution is 0.567. The van der Waals surface area contributed by atoms with Crippen LogP contribution in [0.2, 0.25) is 0 Å². The van der Waals surface area contributed by atoms with Crippen LogP contribution in [0.4, 0.5) is 34.1 Å². The van der Waals surface area contributed by atoms with E-state index in [1.165, 1.54) is 149 Å². The van der Waals surface area contributed by atoms with Crippen LogP contribution in [-0.2, 0) is 43.3 Å². The van der Waals surface area contributed by atoms with Crippen molar-refractivity contribution in [3.63, 3.8) is 0 Å². The van der Waals surface area contributed by atoms with Gasteiger partial charge in [0.05, 0.1) is 33.4 Å². The molecule has 0 amide bonds. The number of rotatable bonds is 7. The summed E-state index contributed by atoms with van der Waals surface area (Å²) in [5, 5.41) is 4.89. The molecule has 2 aliphatic rings. The molecule has 0 bridgehead atoms. The maximum atomic E-state index is 2.72. The summed E-state index contributed by atoms with van der Waals surface area (Å²) in [6.07, 6.45) is 0. The number of nitrogens with zero attached hydrogens (tertiary/aromatic N) is 4. The second-order valence-electron chi connectivity index (χ2n) is 40.2. The predicted octanol–water partition coefficient (Wildman–Crippen LogP) is 27.3. The van der Waals surface area contributed by atoms with E-state index in [4.69, 9.17) is 0 Å². The van der Waals surface area contributed by atoms with Gasteiger partial charge in [0.15, 0.2) is 0 Å². The van der Waals surface area contributed by atoms with E-state index >= 15 is 0 Å². The summed E-state index contributed by atoms with van der Waals surface area (Å²) < 4.78 is 5.15. The third-order valence-corrected chi connectivity index (χ3v) is 23.8. The molecule has 2 aromatic heterocycles. The Morgan fingerprint density at radius 1 is 0.220 bits per heavy atom. The normalized spacial score (nSPS) is 13.8. The number of para-hydroxylation sites is 3. The third kappa shape index (κ3) is 12.8. The van der Waals surface area contributed by atoms with Crippen LogP contribution in [0.1, 0.15) is 211 Å². The molecule has 0 aliphatic carbocycles. The molecule has 0 atom stereocenters. The fourth-order valence-electron chi connectivity index (χ4n) is 17.1. The second-order valence-corrected chi connectivity index (χ2v) is 40.2. The Labute approximate surface area is 651 Å². The molecule has 0 saturated carbocycles. The van der Waals surface area contributed by atoms with Gasteiger partial charge in [0.25, 0.3) is 6.71 Å². The average molecular weight is 1430 g/mol. The highest BCUT2D eigenvalue weighted by Crippen LogP contribution is 2.52. The van der Waals surface area contributed by atoms with Gasteiger partial charge in [0.1, 0.15) is 0 Å². The molecule has 0 spiro atoms. The van der Waals surface area contributed by atoms with Gasteiger partial charge in [-0.3, -0.25) is 0 Å². The van der Waals surface area contributed by atoms with Crippen molar-refractivity contribution in [3.05, 3.63) is 281 Å². The average Bonchev–Trinajstić information content (AvgIpc) is 1.67. The first-order valence-electron chi connectivity index (χ1n) is 39.9. The maximum absolute atomic E-state index is 2.72. The van der Waals surface area contributed by atoms with Crippen LogP contribution in [0.5, 0.6) is 0 Å². The predicted molar refractivity (Wildman–Crippen MR) is 475 cm³/mol. The van der Waals surface area contributed by atoms with Crippen molar-refractivity contribution < 1.29 is 0 Å². The van der Waals surface area contributed by atoms with Crippen LogP contribution in [0.15, 0.2) is 237 Å². The van der Waals surface area contributed by atoms with Crippen molar-refractivity contribution >= 4 is 101 Å². The van der Waals surface area contributed by atoms with E-state index in [2.05, 4.69) is 422 Å². The number of fused-ring (bicyclic) bond motifs is 11. The Kier molecular flexibility index (Phi) is 16.9. The van der Waals surface area contributed by atoms with Crippen LogP contribution in [0.3, 0.4) is 0 Å². The molecule has 4 heterocycles. The van der Waals surface area contributed by atoms with E-state index in [0.29, 0.717) is 0 Å². The van der Waals surface area contributed by atoms with E-state index in [9.17, 15) is 0 Å². The zero-order valence-electron chi connectivity index (χ0n) is 69.4. The van der Waals surface area contributed by atoms with Gasteiger partial charge >= 0.3 is 0 Å². The van der Waals surface area contributed by atoms with Crippen LogP contribution in [0, 0.1) is 0 Å². The quantitative estimate of drug-likeness (QED) is 0.148. The Balaban J connectivity index is 1.07. The van der Waals surface area contributed by atoms with E-state index < -0.39 is 0 Å². The molecule has 550 valence electrons. The third-order valence-electron chi connectivity index (χ3n) is 23.8. The van der Waals surface area contributed by atoms with E-state index in [1.54, 1.807) is 0 Å². The van der Waals surface area contributed by atoms with Crippen molar-refractivity contribution in [2.45, 2.75) is 209 Å². The lowest BCUT2D eigenvalue weighted by Gasteiger charge is -2.45. The van der Waals surface area contributed by atoms with Gasteiger partial charge in [-0.2, -0.15) is 0 Å². The van der Waals surface area contributed by atoms with Crippen LogP contribution >= 0.6 is 0 Å². The summed E-state index contributed by atoms with van der Waals surface area (Å²) in [5.74, 6) is 0. The first-order chi connectivity index (χ1) is 51.1. The minimum Gasteiger partial charge on any atom is -0.311 e. The first-order valence-corrected chi connectivity index (χ1v) is 39.9. The fraction of sp³-hybridized carbons (Fsp3) is 0.308. The second kappa shape index (κ2) is 25.2. The first kappa shape index (κ1) is 73.1. The molecule has 5 heteroatoms. The highest BCUT2D eigenvalue weighted by Gasteiger charge is 2.46. The smallest absolute Gasteiger partial charge is 0.252 e. The maximum Gasteiger partial charge on any atom is 0.252 e. The molecule has 14 aromatic rings. The molecule has 16 rings (SSSR count). The van der Waals surface area contributed by atoms with Gasteiger partial charge in [-0.05, 0) is 216 Å². The molecule has 0 N–H and O–H groups in total. The summed E-state index contributed by atoms with van der Waals surface area (Å²) in [4.78, 5) is 5.36. The Hall–Kier alpha value is -10.1. The molecule has 0 radical (unpaired) electrons. The molecular weight excluding hydrogens is 1320 g/mol. The van der Waals surface area contributed by atoms with Gasteiger partial charge in [-0.1, -0.05) is 324 Å². The largest absolute Gasteiger partial charge is 0.311 e. The molecule has 4 nitrogen and oxygen atoms in total. The Bertz CT molecular complexity index is 5820. The lowest BCUT2D eigenvalue weighted by Crippen LogP contribution is -2.61. The summed E-state index contributed by atoms with van der Waals surface area (Å²) in [6, 6.07) is 93.7. The molecule has 0 unspecified atom stereocenters. The Morgan fingerprint density at radius 2 is 0.587 bits per heavy atom. The highest BCUT2D eigenvalue weighted by atomic mass is 15.2. The van der Waals surface area contributed by atoms with Crippen LogP contribution in [0.25, 0.3) is 88.4 Å². The molecule has 109 heavy (non-hydrogen) atoms. The Morgan fingerprint density at radius 3 is 1.04 bits per heavy atom. The summed E-state index contributed by atoms with van der Waals surface area (Å²) >= 11 is 0. The topological polar surface area (TPSA) is 16.3 Å². The van der Waals surface area contributed by atoms with Crippen molar-refractivity contribution in [1.29, 1.82) is 0 Å². The molecular formula is C104H111BN4. The van der Waals surface area contributed by atoms with Crippen molar-refractivity contribution in [2.75, 3.05) is 9.80 Å². The molecule has 2 aliphatic heterocycles. The van der Waals surface area contributed by atoms with Gasteiger partial charge in [-0.15, -0.1) is 0 Å². The van der Waals surface area contributed by atoms with E-state index in [-0.39, 0.29) is 50.0 Å². The van der Waals surface area contributed by atoms with Crippen LogP contribution < -0.4 is 26.2 Å². The highest BCUT2D eigenvalue weighted by molar-refractivity contribution is 7.00. The number of aromatic nitrogens is 2. The zero-order chi connectivity index (χ0) is 77.5. The minimum atomic E-state index is -0.234. The number of benzene rings is 12. The number of hydrogen-bond acceptors (Lipinski definition) is 2. The molecule has 0 fully saturated rings. The SMILES string of the molecule is CC(C)(C)c1cc(-c2ccc(N3c4ccc(-c5cc(C(C)(C)C)cc(C(C)(C)C)c5)cc4B4c5ccc6c(c5N(c5cccc(-c7cc(C(C)(C)C)cc(C(C)(C)C)c7)c5)c5cc(-n7c8ccccc8c8ccccc87)cc3c54)c3ccccc3n6-c3cc(C(C)(C)C)cc(C(C)(C)C)c3)cc2)cc(C(C)(C)C)c1. The van der Waals surface area contributed by atoms with Crippen molar-refractivity contribution in [1.82, 2.24) is 9.13 Å². The summed E-state index contributed by atoms with van der Waals surface area (Å²) in [7, 11) is 0. The molecule has 0 saturated heterocycles. The van der Waals surface area contributed by atoms with E-state index in [0.717, 1.165) is 34.1 Å². The van der Waals surface area contributed by atoms with Crippen molar-refractivity contribution in [3.8, 4) is 44.8 Å². The summed E-state index contributed by atoms with van der Waals surface area (Å²) in [5.41, 5.74) is 34.9. The zero-order valence-corrected chi connectivity index (χ0v) is 69.4.